The van der Waals surface area contributed by atoms with Crippen LogP contribution in [0.5, 0.6) is 0 Å². The first-order chi connectivity index (χ1) is 22.9. The first-order valence-electron chi connectivity index (χ1n) is 15.5. The van der Waals surface area contributed by atoms with Crippen molar-refractivity contribution in [1.82, 2.24) is 10.0 Å². The van der Waals surface area contributed by atoms with E-state index < -0.39 is 41.7 Å². The molecule has 4 atom stereocenters. The summed E-state index contributed by atoms with van der Waals surface area (Å²) >= 11 is 0. The van der Waals surface area contributed by atoms with Crippen LogP contribution in [0.4, 0.5) is 14.5 Å². The lowest BCUT2D eigenvalue weighted by Crippen LogP contribution is -2.45. The van der Waals surface area contributed by atoms with Crippen LogP contribution in [0.15, 0.2) is 112 Å². The molecule has 3 amide bonds. The lowest BCUT2D eigenvalue weighted by Gasteiger charge is -2.30. The largest absolute Gasteiger partial charge is 0.271 e. The minimum absolute atomic E-state index is 0.158. The first-order valence-corrected chi connectivity index (χ1v) is 15.5. The highest BCUT2D eigenvalue weighted by Crippen LogP contribution is 2.45. The van der Waals surface area contributed by atoms with E-state index in [1.807, 2.05) is 36.4 Å². The van der Waals surface area contributed by atoms with Gasteiger partial charge < -0.3 is 0 Å². The number of allylic oxidation sites excluding steroid dienone is 1. The highest BCUT2D eigenvalue weighted by atomic mass is 19.1. The van der Waals surface area contributed by atoms with Gasteiger partial charge in [-0.3, -0.25) is 19.4 Å². The number of hydrazone groups is 1. The van der Waals surface area contributed by atoms with Crippen LogP contribution >= 0.6 is 0 Å². The summed E-state index contributed by atoms with van der Waals surface area (Å²) in [5, 5.41) is 17.4. The quantitative estimate of drug-likeness (QED) is 0.244. The Morgan fingerprint density at radius 1 is 0.851 bits per heavy atom. The fourth-order valence-corrected chi connectivity index (χ4v) is 7.17. The summed E-state index contributed by atoms with van der Waals surface area (Å²) in [6, 6.07) is 22.5. The predicted molar refractivity (Wildman–Crippen MR) is 171 cm³/mol. The van der Waals surface area contributed by atoms with E-state index in [4.69, 9.17) is 5.10 Å². The third-order valence-electron chi connectivity index (χ3n) is 9.34. The Kier molecular flexibility index (Phi) is 6.96. The molecule has 4 aromatic carbocycles. The van der Waals surface area contributed by atoms with E-state index in [1.165, 1.54) is 34.3 Å². The van der Waals surface area contributed by atoms with E-state index in [2.05, 4.69) is 10.3 Å². The Hall–Kier alpha value is -5.58. The number of benzene rings is 4. The first kappa shape index (κ1) is 28.9. The van der Waals surface area contributed by atoms with E-state index in [0.29, 0.717) is 5.69 Å². The van der Waals surface area contributed by atoms with Gasteiger partial charge in [0.15, 0.2) is 12.1 Å². The van der Waals surface area contributed by atoms with Crippen LogP contribution in [-0.2, 0) is 14.4 Å². The molecule has 0 spiro atoms. The molecule has 9 nitrogen and oxygen atoms in total. The third-order valence-corrected chi connectivity index (χ3v) is 9.34. The summed E-state index contributed by atoms with van der Waals surface area (Å²) in [4.78, 5) is 42.6. The fourth-order valence-electron chi connectivity index (χ4n) is 7.17. The lowest BCUT2D eigenvalue weighted by molar-refractivity contribution is -0.136. The van der Waals surface area contributed by atoms with Crippen LogP contribution < -0.4 is 4.90 Å². The number of hydrogen-bond acceptors (Lipinski definition) is 7. The fraction of sp³-hybridized carbons (Fsp3) is 0.222. The number of nitrogens with zero attached hydrogens (tertiary/aromatic N) is 6. The van der Waals surface area contributed by atoms with Gasteiger partial charge in [0.25, 0.3) is 17.7 Å². The molecule has 3 aliphatic heterocycles. The Morgan fingerprint density at radius 2 is 1.57 bits per heavy atom. The van der Waals surface area contributed by atoms with Gasteiger partial charge in [-0.05, 0) is 77.8 Å². The smallest absolute Gasteiger partial charge is 0.264 e. The molecule has 11 heteroatoms. The minimum Gasteiger partial charge on any atom is -0.271 e. The maximum atomic E-state index is 14.1. The second-order valence-electron chi connectivity index (χ2n) is 12.1. The van der Waals surface area contributed by atoms with Gasteiger partial charge >= 0.3 is 0 Å². The van der Waals surface area contributed by atoms with Gasteiger partial charge in [0, 0.05) is 11.3 Å². The number of amides is 3. The molecule has 0 N–H and O–H groups in total. The van der Waals surface area contributed by atoms with Crippen molar-refractivity contribution in [3.05, 3.63) is 119 Å². The highest BCUT2D eigenvalue weighted by molar-refractivity contribution is 6.27. The molecule has 8 rings (SSSR count). The molecule has 1 saturated carbocycles. The van der Waals surface area contributed by atoms with Crippen LogP contribution in [0.25, 0.3) is 16.8 Å². The third kappa shape index (κ3) is 4.89. The van der Waals surface area contributed by atoms with Crippen molar-refractivity contribution < 1.29 is 23.2 Å². The van der Waals surface area contributed by atoms with Crippen molar-refractivity contribution >= 4 is 46.0 Å². The molecule has 47 heavy (non-hydrogen) atoms. The van der Waals surface area contributed by atoms with E-state index >= 15 is 0 Å². The van der Waals surface area contributed by atoms with Crippen molar-refractivity contribution in [3.63, 3.8) is 0 Å². The van der Waals surface area contributed by atoms with Crippen molar-refractivity contribution in [1.29, 1.82) is 0 Å². The van der Waals surface area contributed by atoms with Crippen molar-refractivity contribution in [2.45, 2.75) is 37.4 Å². The number of anilines is 1. The normalized spacial score (nSPS) is 24.3. The average molecular weight is 631 g/mol. The molecule has 234 valence electrons. The highest BCUT2D eigenvalue weighted by Gasteiger charge is 2.56. The summed E-state index contributed by atoms with van der Waals surface area (Å²) in [7, 11) is 0. The SMILES string of the molecule is O=C1C2N=NN(CC(=O)N3N=C4/C(=C/c5ccc(F)cc5)CCCC4C3c3ccc(F)cc3)C2C(=O)N1c1cccc2ccccc12. The Labute approximate surface area is 268 Å². The summed E-state index contributed by atoms with van der Waals surface area (Å²) in [5.41, 5.74) is 3.69. The molecule has 1 aliphatic carbocycles. The van der Waals surface area contributed by atoms with Crippen LogP contribution in [-0.4, -0.2) is 52.1 Å². The molecule has 0 radical (unpaired) electrons. The van der Waals surface area contributed by atoms with Gasteiger partial charge in [0.1, 0.15) is 18.2 Å². The predicted octanol–water partition coefficient (Wildman–Crippen LogP) is 6.23. The molecule has 4 unspecified atom stereocenters. The summed E-state index contributed by atoms with van der Waals surface area (Å²) in [5.74, 6) is -2.32. The number of halogens is 2. The zero-order chi connectivity index (χ0) is 32.2. The van der Waals surface area contributed by atoms with Crippen LogP contribution in [0.1, 0.15) is 36.4 Å². The van der Waals surface area contributed by atoms with Gasteiger partial charge in [0.2, 0.25) is 0 Å². The zero-order valence-electron chi connectivity index (χ0n) is 25.0. The van der Waals surface area contributed by atoms with E-state index in [0.717, 1.165) is 57.3 Å². The molecule has 4 aromatic rings. The molecule has 3 heterocycles. The van der Waals surface area contributed by atoms with E-state index in [9.17, 15) is 23.2 Å². The Bertz CT molecular complexity index is 2020. The molecular formula is C36H28F2N6O3. The number of fused-ring (bicyclic) bond motifs is 3. The number of hydrogen-bond donors (Lipinski definition) is 0. The molecule has 4 aliphatic rings. The van der Waals surface area contributed by atoms with Gasteiger partial charge in [-0.25, -0.2) is 18.7 Å². The van der Waals surface area contributed by atoms with E-state index in [-0.39, 0.29) is 18.3 Å². The topological polar surface area (TPSA) is 98.0 Å². The van der Waals surface area contributed by atoms with Crippen LogP contribution in [0.3, 0.4) is 0 Å². The number of imide groups is 1. The summed E-state index contributed by atoms with van der Waals surface area (Å²) < 4.78 is 27.5. The molecule has 0 aromatic heterocycles. The minimum atomic E-state index is -1.07. The summed E-state index contributed by atoms with van der Waals surface area (Å²) in [6.07, 6.45) is 4.30. The lowest BCUT2D eigenvalue weighted by atomic mass is 9.77. The monoisotopic (exact) mass is 630 g/mol. The Balaban J connectivity index is 1.10. The second-order valence-corrected chi connectivity index (χ2v) is 12.1. The maximum absolute atomic E-state index is 14.1. The van der Waals surface area contributed by atoms with Gasteiger partial charge in [-0.15, -0.1) is 0 Å². The van der Waals surface area contributed by atoms with Gasteiger partial charge in [-0.1, -0.05) is 65.9 Å². The molecular weight excluding hydrogens is 602 g/mol. The second kappa shape index (κ2) is 11.3. The molecule has 0 bridgehead atoms. The van der Waals surface area contributed by atoms with Crippen LogP contribution in [0.2, 0.25) is 0 Å². The maximum Gasteiger partial charge on any atom is 0.264 e. The van der Waals surface area contributed by atoms with E-state index in [1.54, 1.807) is 36.4 Å². The van der Waals surface area contributed by atoms with Crippen LogP contribution in [0, 0.1) is 17.6 Å². The number of carbonyl (C=O) groups is 3. The standard InChI is InChI=1S/C36H28F2N6O3/c37-25-15-11-21(12-16-25)19-24-7-3-9-28-31(24)40-44(33(28)23-13-17-26(38)18-14-23)30(45)20-42-34-32(39-41-42)35(46)43(36(34)47)29-10-4-6-22-5-1-2-8-27(22)29/h1-2,4-6,8,10-19,28,32-34H,3,7,9,20H2/b24-19+. The molecule has 2 fully saturated rings. The average Bonchev–Trinajstić information content (AvgIpc) is 3.75. The Morgan fingerprint density at radius 3 is 2.36 bits per heavy atom. The van der Waals surface area contributed by atoms with Crippen molar-refractivity contribution in [2.75, 3.05) is 11.4 Å². The van der Waals surface area contributed by atoms with Gasteiger partial charge in [0.05, 0.1) is 17.4 Å². The van der Waals surface area contributed by atoms with Crippen molar-refractivity contribution in [3.8, 4) is 0 Å². The van der Waals surface area contributed by atoms with Gasteiger partial charge in [-0.2, -0.15) is 10.2 Å². The summed E-state index contributed by atoms with van der Waals surface area (Å²) in [6.45, 7) is -0.342. The molecule has 1 saturated heterocycles. The number of carbonyl (C=O) groups excluding carboxylic acids is 3. The number of rotatable bonds is 5. The zero-order valence-corrected chi connectivity index (χ0v) is 25.0. The van der Waals surface area contributed by atoms with Crippen molar-refractivity contribution in [2.24, 2.45) is 21.4 Å².